The molecule has 5 heteroatoms. The van der Waals surface area contributed by atoms with E-state index >= 15 is 0 Å². The lowest BCUT2D eigenvalue weighted by atomic mass is 10.2. The first-order valence-electron chi connectivity index (χ1n) is 6.66. The number of benzene rings is 1. The SMILES string of the molecule is COc1ccc(Cn2ccc(CNC(C)C)n2)cc1Br. The molecule has 0 aliphatic rings. The summed E-state index contributed by atoms with van der Waals surface area (Å²) >= 11 is 3.50. The number of hydrogen-bond acceptors (Lipinski definition) is 3. The molecule has 0 spiro atoms. The van der Waals surface area contributed by atoms with Gasteiger partial charge in [0, 0.05) is 18.8 Å². The monoisotopic (exact) mass is 337 g/mol. The Labute approximate surface area is 128 Å². The van der Waals surface area contributed by atoms with Crippen LogP contribution >= 0.6 is 15.9 Å². The summed E-state index contributed by atoms with van der Waals surface area (Å²) in [5, 5.41) is 7.92. The maximum absolute atomic E-state index is 5.23. The van der Waals surface area contributed by atoms with Crippen LogP contribution in [-0.2, 0) is 13.1 Å². The topological polar surface area (TPSA) is 39.1 Å². The molecule has 2 rings (SSSR count). The normalized spacial score (nSPS) is 11.1. The molecule has 1 aromatic heterocycles. The van der Waals surface area contributed by atoms with Gasteiger partial charge in [0.1, 0.15) is 5.75 Å². The summed E-state index contributed by atoms with van der Waals surface area (Å²) in [6.45, 7) is 5.82. The summed E-state index contributed by atoms with van der Waals surface area (Å²) in [5.74, 6) is 0.844. The molecule has 0 unspecified atom stereocenters. The van der Waals surface area contributed by atoms with E-state index in [9.17, 15) is 0 Å². The molecule has 0 bridgehead atoms. The highest BCUT2D eigenvalue weighted by molar-refractivity contribution is 9.10. The first kappa shape index (κ1) is 15.1. The van der Waals surface area contributed by atoms with Crippen LogP contribution in [-0.4, -0.2) is 22.9 Å². The quantitative estimate of drug-likeness (QED) is 0.879. The highest BCUT2D eigenvalue weighted by atomic mass is 79.9. The second-order valence-corrected chi connectivity index (χ2v) is 5.86. The first-order chi connectivity index (χ1) is 9.58. The van der Waals surface area contributed by atoms with Crippen molar-refractivity contribution in [3.8, 4) is 5.75 Å². The lowest BCUT2D eigenvalue weighted by Gasteiger charge is -2.07. The van der Waals surface area contributed by atoms with E-state index in [-0.39, 0.29) is 0 Å². The minimum Gasteiger partial charge on any atom is -0.496 e. The Balaban J connectivity index is 2.01. The van der Waals surface area contributed by atoms with Crippen LogP contribution in [0.2, 0.25) is 0 Å². The molecule has 4 nitrogen and oxygen atoms in total. The van der Waals surface area contributed by atoms with Gasteiger partial charge in [-0.2, -0.15) is 5.10 Å². The molecular weight excluding hydrogens is 318 g/mol. The zero-order chi connectivity index (χ0) is 14.5. The molecule has 0 fully saturated rings. The molecule has 0 aliphatic heterocycles. The van der Waals surface area contributed by atoms with Crippen LogP contribution in [0.1, 0.15) is 25.1 Å². The van der Waals surface area contributed by atoms with Crippen molar-refractivity contribution >= 4 is 15.9 Å². The fourth-order valence-electron chi connectivity index (χ4n) is 1.89. The van der Waals surface area contributed by atoms with Gasteiger partial charge in [-0.1, -0.05) is 19.9 Å². The number of nitrogens with zero attached hydrogens (tertiary/aromatic N) is 2. The van der Waals surface area contributed by atoms with Crippen LogP contribution in [0, 0.1) is 0 Å². The number of hydrogen-bond donors (Lipinski definition) is 1. The number of ether oxygens (including phenoxy) is 1. The molecule has 0 saturated heterocycles. The fraction of sp³-hybridized carbons (Fsp3) is 0.400. The molecule has 1 heterocycles. The third kappa shape index (κ3) is 4.08. The van der Waals surface area contributed by atoms with Gasteiger partial charge in [0.15, 0.2) is 0 Å². The number of nitrogens with one attached hydrogen (secondary N) is 1. The van der Waals surface area contributed by atoms with E-state index in [2.05, 4.69) is 52.3 Å². The van der Waals surface area contributed by atoms with Gasteiger partial charge in [-0.15, -0.1) is 0 Å². The summed E-state index contributed by atoms with van der Waals surface area (Å²) < 4.78 is 8.15. The van der Waals surface area contributed by atoms with Gasteiger partial charge < -0.3 is 10.1 Å². The Kier molecular flexibility index (Phi) is 5.20. The van der Waals surface area contributed by atoms with E-state index in [1.807, 2.05) is 23.0 Å². The second-order valence-electron chi connectivity index (χ2n) is 5.01. The highest BCUT2D eigenvalue weighted by Crippen LogP contribution is 2.25. The van der Waals surface area contributed by atoms with E-state index in [4.69, 9.17) is 4.74 Å². The first-order valence-corrected chi connectivity index (χ1v) is 7.46. The molecule has 108 valence electrons. The Morgan fingerprint density at radius 3 is 2.80 bits per heavy atom. The number of methoxy groups -OCH3 is 1. The molecule has 0 atom stereocenters. The van der Waals surface area contributed by atoms with Gasteiger partial charge in [-0.05, 0) is 39.7 Å². The summed E-state index contributed by atoms with van der Waals surface area (Å²) in [5.41, 5.74) is 2.25. The van der Waals surface area contributed by atoms with Gasteiger partial charge in [0.25, 0.3) is 0 Å². The fourth-order valence-corrected chi connectivity index (χ4v) is 2.48. The highest BCUT2D eigenvalue weighted by Gasteiger charge is 2.04. The Morgan fingerprint density at radius 2 is 2.15 bits per heavy atom. The van der Waals surface area contributed by atoms with Crippen LogP contribution in [0.15, 0.2) is 34.9 Å². The van der Waals surface area contributed by atoms with Crippen LogP contribution in [0.25, 0.3) is 0 Å². The second kappa shape index (κ2) is 6.90. The summed E-state index contributed by atoms with van der Waals surface area (Å²) in [6, 6.07) is 8.60. The Hall–Kier alpha value is -1.33. The molecule has 0 saturated carbocycles. The van der Waals surface area contributed by atoms with Gasteiger partial charge >= 0.3 is 0 Å². The molecule has 0 radical (unpaired) electrons. The zero-order valence-electron chi connectivity index (χ0n) is 12.1. The third-order valence-corrected chi connectivity index (χ3v) is 3.57. The van der Waals surface area contributed by atoms with Crippen molar-refractivity contribution in [3.05, 3.63) is 46.2 Å². The van der Waals surface area contributed by atoms with Crippen LogP contribution in [0.4, 0.5) is 0 Å². The number of rotatable bonds is 6. The minimum atomic E-state index is 0.470. The van der Waals surface area contributed by atoms with Crippen molar-refractivity contribution in [1.82, 2.24) is 15.1 Å². The largest absolute Gasteiger partial charge is 0.496 e. The summed E-state index contributed by atoms with van der Waals surface area (Å²) in [7, 11) is 1.67. The lowest BCUT2D eigenvalue weighted by molar-refractivity contribution is 0.412. The van der Waals surface area contributed by atoms with Gasteiger partial charge in [-0.3, -0.25) is 4.68 Å². The predicted octanol–water partition coefficient (Wildman–Crippen LogP) is 3.20. The maximum atomic E-state index is 5.23. The molecule has 2 aromatic rings. The maximum Gasteiger partial charge on any atom is 0.133 e. The van der Waals surface area contributed by atoms with Gasteiger partial charge in [-0.25, -0.2) is 0 Å². The van der Waals surface area contributed by atoms with Crippen molar-refractivity contribution in [2.75, 3.05) is 7.11 Å². The average molecular weight is 338 g/mol. The van der Waals surface area contributed by atoms with Crippen LogP contribution in [0.3, 0.4) is 0 Å². The Bertz CT molecular complexity index is 566. The minimum absolute atomic E-state index is 0.470. The van der Waals surface area contributed by atoms with E-state index in [0.717, 1.165) is 29.0 Å². The van der Waals surface area contributed by atoms with Crippen molar-refractivity contribution in [2.45, 2.75) is 33.0 Å². The van der Waals surface area contributed by atoms with Gasteiger partial charge in [0.05, 0.1) is 23.8 Å². The summed E-state index contributed by atoms with van der Waals surface area (Å²) in [6.07, 6.45) is 2.01. The summed E-state index contributed by atoms with van der Waals surface area (Å²) in [4.78, 5) is 0. The van der Waals surface area contributed by atoms with E-state index in [1.165, 1.54) is 5.56 Å². The average Bonchev–Trinajstić information content (AvgIpc) is 2.84. The van der Waals surface area contributed by atoms with Gasteiger partial charge in [0.2, 0.25) is 0 Å². The number of halogens is 1. The molecular formula is C15H20BrN3O. The molecule has 1 N–H and O–H groups in total. The van der Waals surface area contributed by atoms with E-state index in [0.29, 0.717) is 6.04 Å². The van der Waals surface area contributed by atoms with Crippen LogP contribution in [0.5, 0.6) is 5.75 Å². The van der Waals surface area contributed by atoms with Crippen molar-refractivity contribution in [2.24, 2.45) is 0 Å². The lowest BCUT2D eigenvalue weighted by Crippen LogP contribution is -2.22. The van der Waals surface area contributed by atoms with E-state index in [1.54, 1.807) is 7.11 Å². The molecule has 0 aliphatic carbocycles. The smallest absolute Gasteiger partial charge is 0.133 e. The molecule has 20 heavy (non-hydrogen) atoms. The van der Waals surface area contributed by atoms with Crippen molar-refractivity contribution in [1.29, 1.82) is 0 Å². The molecule has 0 amide bonds. The number of aromatic nitrogens is 2. The van der Waals surface area contributed by atoms with E-state index < -0.39 is 0 Å². The standard InChI is InChI=1S/C15H20BrN3O/c1-11(2)17-9-13-6-7-19(18-13)10-12-4-5-15(20-3)14(16)8-12/h4-8,11,17H,9-10H2,1-3H3. The Morgan fingerprint density at radius 1 is 1.35 bits per heavy atom. The van der Waals surface area contributed by atoms with Crippen molar-refractivity contribution < 1.29 is 4.74 Å². The van der Waals surface area contributed by atoms with Crippen LogP contribution < -0.4 is 10.1 Å². The molecule has 1 aromatic carbocycles. The zero-order valence-corrected chi connectivity index (χ0v) is 13.6. The predicted molar refractivity (Wildman–Crippen MR) is 84.0 cm³/mol. The third-order valence-electron chi connectivity index (χ3n) is 2.95. The van der Waals surface area contributed by atoms with Crippen molar-refractivity contribution in [3.63, 3.8) is 0 Å².